The van der Waals surface area contributed by atoms with Gasteiger partial charge in [-0.2, -0.15) is 0 Å². The normalized spacial score (nSPS) is 15.8. The van der Waals surface area contributed by atoms with Gasteiger partial charge in [-0.25, -0.2) is 0 Å². The molecule has 0 saturated carbocycles. The molecule has 2 rings (SSSR count). The standard InChI is InChI=1S/C14H16BrClN2O3/c15-11-7-10(16)1-2-12(11)17-8-13(19)18-5-3-9(4-6-18)14(20)21/h1-2,7,9,17H,3-6,8H2,(H,20,21). The molecule has 7 heteroatoms. The highest BCUT2D eigenvalue weighted by Gasteiger charge is 2.26. The second-order valence-corrected chi connectivity index (χ2v) is 6.26. The molecule has 2 N–H and O–H groups in total. The number of hydrogen-bond acceptors (Lipinski definition) is 3. The fraction of sp³-hybridized carbons (Fsp3) is 0.429. The number of carbonyl (C=O) groups excluding carboxylic acids is 1. The second kappa shape index (κ2) is 7.13. The largest absolute Gasteiger partial charge is 0.481 e. The van der Waals surface area contributed by atoms with E-state index in [9.17, 15) is 9.59 Å². The number of carboxylic acids is 1. The van der Waals surface area contributed by atoms with Gasteiger partial charge in [0.05, 0.1) is 12.5 Å². The summed E-state index contributed by atoms with van der Waals surface area (Å²) < 4.78 is 0.799. The molecule has 1 saturated heterocycles. The van der Waals surface area contributed by atoms with Crippen molar-refractivity contribution < 1.29 is 14.7 Å². The van der Waals surface area contributed by atoms with Crippen molar-refractivity contribution in [3.8, 4) is 0 Å². The van der Waals surface area contributed by atoms with Crippen LogP contribution in [0.15, 0.2) is 22.7 Å². The summed E-state index contributed by atoms with van der Waals surface area (Å²) in [5, 5.41) is 12.6. The van der Waals surface area contributed by atoms with E-state index in [4.69, 9.17) is 16.7 Å². The van der Waals surface area contributed by atoms with Crippen LogP contribution in [0.4, 0.5) is 5.69 Å². The van der Waals surface area contributed by atoms with Crippen LogP contribution in [0, 0.1) is 5.92 Å². The summed E-state index contributed by atoms with van der Waals surface area (Å²) in [7, 11) is 0. The van der Waals surface area contributed by atoms with Gasteiger partial charge in [-0.3, -0.25) is 9.59 Å². The maximum absolute atomic E-state index is 12.1. The van der Waals surface area contributed by atoms with Gasteiger partial charge in [0.2, 0.25) is 5.91 Å². The first-order chi connectivity index (χ1) is 9.97. The zero-order valence-electron chi connectivity index (χ0n) is 11.3. The molecule has 1 fully saturated rings. The summed E-state index contributed by atoms with van der Waals surface area (Å²) in [4.78, 5) is 24.7. The molecule has 0 aromatic heterocycles. The van der Waals surface area contributed by atoms with Crippen LogP contribution in [0.25, 0.3) is 0 Å². The number of amides is 1. The summed E-state index contributed by atoms with van der Waals surface area (Å²) in [5.41, 5.74) is 0.799. The van der Waals surface area contributed by atoms with Crippen molar-refractivity contribution in [2.75, 3.05) is 25.0 Å². The highest BCUT2D eigenvalue weighted by Crippen LogP contribution is 2.25. The number of likely N-dealkylation sites (tertiary alicyclic amines) is 1. The monoisotopic (exact) mass is 374 g/mol. The molecule has 0 aliphatic carbocycles. The Morgan fingerprint density at radius 3 is 2.62 bits per heavy atom. The lowest BCUT2D eigenvalue weighted by atomic mass is 9.97. The van der Waals surface area contributed by atoms with Crippen molar-refractivity contribution in [3.05, 3.63) is 27.7 Å². The molecule has 0 atom stereocenters. The second-order valence-electron chi connectivity index (χ2n) is 4.97. The maximum atomic E-state index is 12.1. The van der Waals surface area contributed by atoms with Crippen LogP contribution < -0.4 is 5.32 Å². The lowest BCUT2D eigenvalue weighted by Crippen LogP contribution is -2.42. The summed E-state index contributed by atoms with van der Waals surface area (Å²) in [6.07, 6.45) is 1.04. The van der Waals surface area contributed by atoms with E-state index < -0.39 is 5.97 Å². The maximum Gasteiger partial charge on any atom is 0.306 e. The van der Waals surface area contributed by atoms with Gasteiger partial charge in [0, 0.05) is 28.3 Å². The first kappa shape index (κ1) is 16.1. The molecule has 114 valence electrons. The van der Waals surface area contributed by atoms with Crippen LogP contribution in [-0.2, 0) is 9.59 Å². The molecule has 1 aromatic rings. The van der Waals surface area contributed by atoms with Gasteiger partial charge < -0.3 is 15.3 Å². The van der Waals surface area contributed by atoms with Crippen LogP contribution >= 0.6 is 27.5 Å². The number of halogens is 2. The van der Waals surface area contributed by atoms with Crippen LogP contribution in [0.3, 0.4) is 0 Å². The number of benzene rings is 1. The highest BCUT2D eigenvalue weighted by molar-refractivity contribution is 9.10. The Kier molecular flexibility index (Phi) is 5.47. The molecule has 0 radical (unpaired) electrons. The summed E-state index contributed by atoms with van der Waals surface area (Å²) in [6, 6.07) is 5.31. The first-order valence-electron chi connectivity index (χ1n) is 6.67. The van der Waals surface area contributed by atoms with E-state index in [1.807, 2.05) is 0 Å². The molecule has 1 aliphatic heterocycles. The predicted molar refractivity (Wildman–Crippen MR) is 84.6 cm³/mol. The van der Waals surface area contributed by atoms with E-state index in [0.29, 0.717) is 31.0 Å². The third-order valence-corrected chi connectivity index (χ3v) is 4.45. The van der Waals surface area contributed by atoms with Crippen LogP contribution in [0.2, 0.25) is 5.02 Å². The Morgan fingerprint density at radius 2 is 2.05 bits per heavy atom. The van der Waals surface area contributed by atoms with Crippen molar-refractivity contribution in [1.82, 2.24) is 4.90 Å². The van der Waals surface area contributed by atoms with E-state index in [2.05, 4.69) is 21.2 Å². The minimum absolute atomic E-state index is 0.0271. The average Bonchev–Trinajstić information content (AvgIpc) is 2.46. The van der Waals surface area contributed by atoms with Gasteiger partial charge in [-0.1, -0.05) is 11.6 Å². The van der Waals surface area contributed by atoms with Crippen LogP contribution in [-0.4, -0.2) is 41.5 Å². The van der Waals surface area contributed by atoms with Crippen LogP contribution in [0.1, 0.15) is 12.8 Å². The Labute approximate surface area is 136 Å². The number of piperidine rings is 1. The Bertz CT molecular complexity index is 545. The van der Waals surface area contributed by atoms with E-state index in [0.717, 1.165) is 10.2 Å². The lowest BCUT2D eigenvalue weighted by molar-refractivity contribution is -0.145. The Morgan fingerprint density at radius 1 is 1.38 bits per heavy atom. The topological polar surface area (TPSA) is 69.6 Å². The Balaban J connectivity index is 1.84. The quantitative estimate of drug-likeness (QED) is 0.849. The fourth-order valence-corrected chi connectivity index (χ4v) is 3.11. The van der Waals surface area contributed by atoms with Gasteiger partial charge in [0.1, 0.15) is 0 Å². The summed E-state index contributed by atoms with van der Waals surface area (Å²) in [5.74, 6) is -1.13. The highest BCUT2D eigenvalue weighted by atomic mass is 79.9. The van der Waals surface area contributed by atoms with E-state index in [1.54, 1.807) is 23.1 Å². The molecular formula is C14H16BrClN2O3. The van der Waals surface area contributed by atoms with Crippen molar-refractivity contribution in [2.24, 2.45) is 5.92 Å². The smallest absolute Gasteiger partial charge is 0.306 e. The first-order valence-corrected chi connectivity index (χ1v) is 7.84. The molecular weight excluding hydrogens is 360 g/mol. The Hall–Kier alpha value is -1.27. The van der Waals surface area contributed by atoms with Crippen molar-refractivity contribution in [1.29, 1.82) is 0 Å². The molecule has 21 heavy (non-hydrogen) atoms. The zero-order chi connectivity index (χ0) is 15.4. The molecule has 1 aromatic carbocycles. The minimum atomic E-state index is -0.773. The van der Waals surface area contributed by atoms with Gasteiger partial charge >= 0.3 is 5.97 Å². The third kappa shape index (κ3) is 4.35. The van der Waals surface area contributed by atoms with Crippen molar-refractivity contribution in [2.45, 2.75) is 12.8 Å². The van der Waals surface area contributed by atoms with Gasteiger partial charge in [0.15, 0.2) is 0 Å². The summed E-state index contributed by atoms with van der Waals surface area (Å²) >= 11 is 9.24. The third-order valence-electron chi connectivity index (χ3n) is 3.56. The van der Waals surface area contributed by atoms with Gasteiger partial charge in [-0.05, 0) is 47.0 Å². The number of nitrogens with zero attached hydrogens (tertiary/aromatic N) is 1. The number of nitrogens with one attached hydrogen (secondary N) is 1. The van der Waals surface area contributed by atoms with Crippen molar-refractivity contribution >= 4 is 45.1 Å². The molecule has 1 aliphatic rings. The summed E-state index contributed by atoms with van der Waals surface area (Å²) in [6.45, 7) is 1.18. The number of rotatable bonds is 4. The molecule has 0 spiro atoms. The number of hydrogen-bond donors (Lipinski definition) is 2. The number of aliphatic carboxylic acids is 1. The average molecular weight is 376 g/mol. The van der Waals surface area contributed by atoms with Gasteiger partial charge in [0.25, 0.3) is 0 Å². The van der Waals surface area contributed by atoms with E-state index in [1.165, 1.54) is 0 Å². The predicted octanol–water partition coefficient (Wildman–Crippen LogP) is 2.84. The molecule has 0 bridgehead atoms. The van der Waals surface area contributed by atoms with Gasteiger partial charge in [-0.15, -0.1) is 0 Å². The van der Waals surface area contributed by atoms with E-state index >= 15 is 0 Å². The number of carboxylic acid groups (broad SMARTS) is 1. The molecule has 1 amide bonds. The van der Waals surface area contributed by atoms with Crippen molar-refractivity contribution in [3.63, 3.8) is 0 Å². The zero-order valence-corrected chi connectivity index (χ0v) is 13.7. The molecule has 5 nitrogen and oxygen atoms in total. The SMILES string of the molecule is O=C(O)C1CCN(C(=O)CNc2ccc(Cl)cc2Br)CC1. The lowest BCUT2D eigenvalue weighted by Gasteiger charge is -2.30. The molecule has 1 heterocycles. The fourth-order valence-electron chi connectivity index (χ4n) is 2.29. The minimum Gasteiger partial charge on any atom is -0.481 e. The number of carbonyl (C=O) groups is 2. The van der Waals surface area contributed by atoms with Crippen LogP contribution in [0.5, 0.6) is 0 Å². The number of anilines is 1. The molecule has 0 unspecified atom stereocenters. The van der Waals surface area contributed by atoms with E-state index in [-0.39, 0.29) is 18.4 Å².